The van der Waals surface area contributed by atoms with E-state index in [-0.39, 0.29) is 0 Å². The maximum Gasteiger partial charge on any atom is 0.127 e. The van der Waals surface area contributed by atoms with Gasteiger partial charge in [-0.25, -0.2) is 0 Å². The summed E-state index contributed by atoms with van der Waals surface area (Å²) >= 11 is 0. The Balaban J connectivity index is 1.80. The minimum absolute atomic E-state index is 0.779. The Morgan fingerprint density at radius 1 is 0.714 bits per heavy atom. The predicted octanol–water partition coefficient (Wildman–Crippen LogP) is 5.04. The molecule has 0 aliphatic rings. The molecule has 3 aromatic carbocycles. The Morgan fingerprint density at radius 3 is 2.00 bits per heavy atom. The third-order valence-electron chi connectivity index (χ3n) is 3.44. The number of rotatable bonds is 3. The van der Waals surface area contributed by atoms with Crippen molar-refractivity contribution in [1.82, 2.24) is 0 Å². The zero-order chi connectivity index (χ0) is 14.7. The van der Waals surface area contributed by atoms with Gasteiger partial charge in [-0.1, -0.05) is 42.5 Å². The number of hydrogen-bond donors (Lipinski definition) is 1. The van der Waals surface area contributed by atoms with E-state index in [2.05, 4.69) is 24.3 Å². The largest absolute Gasteiger partial charge is 0.457 e. The summed E-state index contributed by atoms with van der Waals surface area (Å²) in [6.45, 7) is 1.97. The number of ether oxygens (including phenoxy) is 1. The van der Waals surface area contributed by atoms with Gasteiger partial charge in [-0.3, -0.25) is 0 Å². The van der Waals surface area contributed by atoms with Crippen molar-refractivity contribution in [2.75, 3.05) is 5.73 Å². The van der Waals surface area contributed by atoms with Crippen LogP contribution in [0.25, 0.3) is 11.1 Å². The highest BCUT2D eigenvalue weighted by Gasteiger charge is 2.01. The summed E-state index contributed by atoms with van der Waals surface area (Å²) in [6.07, 6.45) is 0. The average molecular weight is 275 g/mol. The van der Waals surface area contributed by atoms with Crippen LogP contribution in [0.3, 0.4) is 0 Å². The molecular formula is C19H17NO. The fraction of sp³-hybridized carbons (Fsp3) is 0.0526. The second-order valence-corrected chi connectivity index (χ2v) is 5.01. The molecule has 0 unspecified atom stereocenters. The van der Waals surface area contributed by atoms with Gasteiger partial charge >= 0.3 is 0 Å². The molecule has 0 atom stereocenters. The molecule has 0 amide bonds. The van der Waals surface area contributed by atoms with Crippen molar-refractivity contribution < 1.29 is 4.74 Å². The molecular weight excluding hydrogens is 258 g/mol. The van der Waals surface area contributed by atoms with Crippen molar-refractivity contribution in [3.63, 3.8) is 0 Å². The zero-order valence-corrected chi connectivity index (χ0v) is 11.9. The van der Waals surface area contributed by atoms with Gasteiger partial charge in [0.15, 0.2) is 0 Å². The van der Waals surface area contributed by atoms with Crippen molar-refractivity contribution in [2.24, 2.45) is 0 Å². The summed E-state index contributed by atoms with van der Waals surface area (Å²) in [4.78, 5) is 0. The monoisotopic (exact) mass is 275 g/mol. The fourth-order valence-electron chi connectivity index (χ4n) is 2.19. The molecule has 21 heavy (non-hydrogen) atoms. The lowest BCUT2D eigenvalue weighted by Gasteiger charge is -2.09. The summed E-state index contributed by atoms with van der Waals surface area (Å²) in [5, 5.41) is 0. The minimum atomic E-state index is 0.779. The van der Waals surface area contributed by atoms with E-state index in [1.54, 1.807) is 0 Å². The van der Waals surface area contributed by atoms with Crippen LogP contribution in [0, 0.1) is 6.92 Å². The van der Waals surface area contributed by atoms with Crippen LogP contribution in [0.1, 0.15) is 5.56 Å². The first-order valence-electron chi connectivity index (χ1n) is 6.92. The van der Waals surface area contributed by atoms with Crippen LogP contribution < -0.4 is 10.5 Å². The van der Waals surface area contributed by atoms with Crippen LogP contribution in [0.2, 0.25) is 0 Å². The van der Waals surface area contributed by atoms with E-state index >= 15 is 0 Å². The molecule has 0 aliphatic carbocycles. The van der Waals surface area contributed by atoms with Gasteiger partial charge in [0.2, 0.25) is 0 Å². The minimum Gasteiger partial charge on any atom is -0.457 e. The average Bonchev–Trinajstić information content (AvgIpc) is 2.53. The Kier molecular flexibility index (Phi) is 3.61. The van der Waals surface area contributed by atoms with Gasteiger partial charge in [-0.2, -0.15) is 0 Å². The molecule has 0 aromatic heterocycles. The molecule has 0 radical (unpaired) electrons. The topological polar surface area (TPSA) is 35.2 Å². The van der Waals surface area contributed by atoms with E-state index in [0.29, 0.717) is 0 Å². The number of hydrogen-bond acceptors (Lipinski definition) is 2. The molecule has 3 aromatic rings. The highest BCUT2D eigenvalue weighted by Crippen LogP contribution is 2.27. The first-order chi connectivity index (χ1) is 10.2. The number of benzene rings is 3. The molecule has 2 nitrogen and oxygen atoms in total. The Labute approximate surface area is 124 Å². The molecule has 0 aliphatic heterocycles. The first-order valence-corrected chi connectivity index (χ1v) is 6.92. The molecule has 0 saturated carbocycles. The van der Waals surface area contributed by atoms with E-state index in [1.165, 1.54) is 11.1 Å². The third kappa shape index (κ3) is 3.06. The molecule has 0 spiro atoms. The highest BCUT2D eigenvalue weighted by molar-refractivity contribution is 5.64. The number of nitrogen functional groups attached to an aromatic ring is 1. The highest BCUT2D eigenvalue weighted by atomic mass is 16.5. The fourth-order valence-corrected chi connectivity index (χ4v) is 2.19. The molecule has 3 rings (SSSR count). The van der Waals surface area contributed by atoms with Gasteiger partial charge in [-0.05, 0) is 53.9 Å². The number of aryl methyl sites for hydroxylation is 1. The Bertz CT molecular complexity index is 733. The number of nitrogens with two attached hydrogens (primary N) is 1. The third-order valence-corrected chi connectivity index (χ3v) is 3.44. The molecule has 2 heteroatoms. The van der Waals surface area contributed by atoms with Crippen LogP contribution in [-0.4, -0.2) is 0 Å². The van der Waals surface area contributed by atoms with Crippen LogP contribution in [0.5, 0.6) is 11.5 Å². The van der Waals surface area contributed by atoms with Crippen LogP contribution in [0.4, 0.5) is 5.69 Å². The lowest BCUT2D eigenvalue weighted by Crippen LogP contribution is -1.90. The van der Waals surface area contributed by atoms with Gasteiger partial charge in [0.05, 0.1) is 0 Å². The van der Waals surface area contributed by atoms with Gasteiger partial charge in [0, 0.05) is 5.69 Å². The lowest BCUT2D eigenvalue weighted by atomic mass is 10.1. The van der Waals surface area contributed by atoms with Crippen molar-refractivity contribution in [2.45, 2.75) is 6.92 Å². The van der Waals surface area contributed by atoms with Crippen LogP contribution in [0.15, 0.2) is 72.8 Å². The first kappa shape index (κ1) is 13.3. The normalized spacial score (nSPS) is 10.3. The second-order valence-electron chi connectivity index (χ2n) is 5.01. The quantitative estimate of drug-likeness (QED) is 0.680. The Morgan fingerprint density at radius 2 is 1.33 bits per heavy atom. The maximum atomic E-state index is 5.85. The smallest absolute Gasteiger partial charge is 0.127 e. The van der Waals surface area contributed by atoms with E-state index in [4.69, 9.17) is 10.5 Å². The molecule has 0 bridgehead atoms. The van der Waals surface area contributed by atoms with Crippen molar-refractivity contribution in [1.29, 1.82) is 0 Å². The number of anilines is 1. The zero-order valence-electron chi connectivity index (χ0n) is 11.9. The van der Waals surface area contributed by atoms with Gasteiger partial charge < -0.3 is 10.5 Å². The van der Waals surface area contributed by atoms with Crippen molar-refractivity contribution in [3.8, 4) is 22.6 Å². The van der Waals surface area contributed by atoms with Gasteiger partial charge in [0.1, 0.15) is 11.5 Å². The molecule has 0 fully saturated rings. The molecule has 0 saturated heterocycles. The second kappa shape index (κ2) is 5.71. The standard InChI is InChI=1S/C19H17NO/c1-14-13-18(11-12-19(14)20)21-17-9-7-16(8-10-17)15-5-3-2-4-6-15/h2-13H,20H2,1H3. The molecule has 0 heterocycles. The molecule has 104 valence electrons. The lowest BCUT2D eigenvalue weighted by molar-refractivity contribution is 0.482. The molecule has 2 N–H and O–H groups in total. The van der Waals surface area contributed by atoms with E-state index < -0.39 is 0 Å². The van der Waals surface area contributed by atoms with Gasteiger partial charge in [0.25, 0.3) is 0 Å². The predicted molar refractivity (Wildman–Crippen MR) is 87.5 cm³/mol. The van der Waals surface area contributed by atoms with Crippen LogP contribution in [-0.2, 0) is 0 Å². The Hall–Kier alpha value is -2.74. The summed E-state index contributed by atoms with van der Waals surface area (Å²) in [7, 11) is 0. The summed E-state index contributed by atoms with van der Waals surface area (Å²) in [5.41, 5.74) is 9.99. The van der Waals surface area contributed by atoms with Crippen LogP contribution >= 0.6 is 0 Å². The summed E-state index contributed by atoms with van der Waals surface area (Å²) in [5.74, 6) is 1.62. The van der Waals surface area contributed by atoms with Gasteiger partial charge in [-0.15, -0.1) is 0 Å². The maximum absolute atomic E-state index is 5.85. The van der Waals surface area contributed by atoms with E-state index in [1.807, 2.05) is 55.5 Å². The van der Waals surface area contributed by atoms with Crippen molar-refractivity contribution >= 4 is 5.69 Å². The SMILES string of the molecule is Cc1cc(Oc2ccc(-c3ccccc3)cc2)ccc1N. The van der Waals surface area contributed by atoms with E-state index in [9.17, 15) is 0 Å². The summed E-state index contributed by atoms with van der Waals surface area (Å²) in [6, 6.07) is 24.1. The summed E-state index contributed by atoms with van der Waals surface area (Å²) < 4.78 is 5.85. The van der Waals surface area contributed by atoms with Crippen molar-refractivity contribution in [3.05, 3.63) is 78.4 Å². The van der Waals surface area contributed by atoms with E-state index in [0.717, 1.165) is 22.7 Å².